The van der Waals surface area contributed by atoms with Crippen LogP contribution >= 0.6 is 0 Å². The lowest BCUT2D eigenvalue weighted by Gasteiger charge is -2.25. The molecule has 0 fully saturated rings. The predicted octanol–water partition coefficient (Wildman–Crippen LogP) is 1.63. The second kappa shape index (κ2) is 5.67. The lowest BCUT2D eigenvalue weighted by atomic mass is 10.1. The van der Waals surface area contributed by atoms with E-state index in [0.717, 1.165) is 31.0 Å². The van der Waals surface area contributed by atoms with E-state index in [4.69, 9.17) is 4.74 Å². The number of ether oxygens (including phenoxy) is 1. The van der Waals surface area contributed by atoms with Crippen LogP contribution in [0.3, 0.4) is 0 Å². The highest BCUT2D eigenvalue weighted by molar-refractivity contribution is 5.29. The highest BCUT2D eigenvalue weighted by Crippen LogP contribution is 2.21. The predicted molar refractivity (Wildman–Crippen MR) is 78.4 cm³/mol. The van der Waals surface area contributed by atoms with E-state index in [1.54, 1.807) is 19.4 Å². The molecular formula is C14H20N6O. The van der Waals surface area contributed by atoms with Crippen molar-refractivity contribution < 1.29 is 4.74 Å². The molecule has 1 atom stereocenters. The van der Waals surface area contributed by atoms with Gasteiger partial charge in [0.25, 0.3) is 0 Å². The second-order valence-electron chi connectivity index (χ2n) is 5.54. The molecule has 1 aliphatic heterocycles. The van der Waals surface area contributed by atoms with E-state index >= 15 is 0 Å². The molecule has 7 heteroatoms. The molecule has 112 valence electrons. The topological polar surface area (TPSA) is 77.8 Å². The summed E-state index contributed by atoms with van der Waals surface area (Å²) in [5, 5.41) is 12.0. The summed E-state index contributed by atoms with van der Waals surface area (Å²) in [4.78, 5) is 8.54. The molecule has 7 nitrogen and oxygen atoms in total. The van der Waals surface area contributed by atoms with Crippen LogP contribution in [0.15, 0.2) is 12.3 Å². The number of nitrogens with zero attached hydrogens (tertiary/aromatic N) is 5. The molecule has 0 aromatic carbocycles. The average molecular weight is 288 g/mol. The molecule has 0 aliphatic carbocycles. The number of aryl methyl sites for hydroxylation is 1. The molecule has 2 aromatic rings. The largest absolute Gasteiger partial charge is 0.481 e. The van der Waals surface area contributed by atoms with Gasteiger partial charge in [-0.2, -0.15) is 4.98 Å². The standard InChI is InChI=1S/C14H20N6O/c1-9(2)13-19-18-11-5-4-10(8-20(11)13)16-14-15-7-6-12(17-14)21-3/h6-7,9-10H,4-5,8H2,1-3H3,(H,15,16,17)/t10-/m1/s1. The fourth-order valence-electron chi connectivity index (χ4n) is 2.60. The Morgan fingerprint density at radius 2 is 2.24 bits per heavy atom. The maximum atomic E-state index is 5.12. The third-order valence-electron chi connectivity index (χ3n) is 3.66. The first-order valence-electron chi connectivity index (χ1n) is 7.23. The SMILES string of the molecule is COc1ccnc(N[C@@H]2CCc3nnc(C(C)C)n3C2)n1. The summed E-state index contributed by atoms with van der Waals surface area (Å²) in [6.45, 7) is 5.12. The van der Waals surface area contributed by atoms with Crippen LogP contribution in [0, 0.1) is 0 Å². The fourth-order valence-corrected chi connectivity index (χ4v) is 2.60. The van der Waals surface area contributed by atoms with Crippen molar-refractivity contribution in [1.29, 1.82) is 0 Å². The van der Waals surface area contributed by atoms with Crippen LogP contribution in [0.4, 0.5) is 5.95 Å². The summed E-state index contributed by atoms with van der Waals surface area (Å²) in [5.41, 5.74) is 0. The number of fused-ring (bicyclic) bond motifs is 1. The lowest BCUT2D eigenvalue weighted by Crippen LogP contribution is -2.33. The summed E-state index contributed by atoms with van der Waals surface area (Å²) in [6, 6.07) is 2.01. The normalized spacial score (nSPS) is 17.6. The fraction of sp³-hybridized carbons (Fsp3) is 0.571. The summed E-state index contributed by atoms with van der Waals surface area (Å²) in [6.07, 6.45) is 3.61. The third kappa shape index (κ3) is 2.81. The highest BCUT2D eigenvalue weighted by atomic mass is 16.5. The Balaban J connectivity index is 1.75. The first kappa shape index (κ1) is 13.8. The summed E-state index contributed by atoms with van der Waals surface area (Å²) in [5.74, 6) is 3.66. The molecule has 0 unspecified atom stereocenters. The Morgan fingerprint density at radius 3 is 3.00 bits per heavy atom. The van der Waals surface area contributed by atoms with Gasteiger partial charge in [-0.05, 0) is 6.42 Å². The smallest absolute Gasteiger partial charge is 0.226 e. The maximum Gasteiger partial charge on any atom is 0.226 e. The number of aromatic nitrogens is 5. The summed E-state index contributed by atoms with van der Waals surface area (Å²) < 4.78 is 7.34. The van der Waals surface area contributed by atoms with Gasteiger partial charge in [0.15, 0.2) is 0 Å². The van der Waals surface area contributed by atoms with Crippen molar-refractivity contribution in [1.82, 2.24) is 24.7 Å². The molecule has 0 amide bonds. The van der Waals surface area contributed by atoms with Crippen molar-refractivity contribution in [2.45, 2.75) is 45.2 Å². The van der Waals surface area contributed by atoms with E-state index in [2.05, 4.69) is 43.9 Å². The van der Waals surface area contributed by atoms with Crippen LogP contribution in [-0.2, 0) is 13.0 Å². The Kier molecular flexibility index (Phi) is 3.72. The van der Waals surface area contributed by atoms with Crippen LogP contribution < -0.4 is 10.1 Å². The maximum absolute atomic E-state index is 5.12. The van der Waals surface area contributed by atoms with Crippen molar-refractivity contribution in [3.8, 4) is 5.88 Å². The zero-order valence-corrected chi connectivity index (χ0v) is 12.6. The quantitative estimate of drug-likeness (QED) is 0.921. The van der Waals surface area contributed by atoms with E-state index in [1.807, 2.05) is 0 Å². The molecule has 0 bridgehead atoms. The van der Waals surface area contributed by atoms with Crippen molar-refractivity contribution in [3.05, 3.63) is 23.9 Å². The van der Waals surface area contributed by atoms with Gasteiger partial charge in [0.2, 0.25) is 11.8 Å². The lowest BCUT2D eigenvalue weighted by molar-refractivity contribution is 0.396. The van der Waals surface area contributed by atoms with Crippen LogP contribution in [0.5, 0.6) is 5.88 Å². The van der Waals surface area contributed by atoms with Crippen LogP contribution in [0.2, 0.25) is 0 Å². The zero-order chi connectivity index (χ0) is 14.8. The van der Waals surface area contributed by atoms with E-state index in [9.17, 15) is 0 Å². The molecule has 1 aliphatic rings. The van der Waals surface area contributed by atoms with Gasteiger partial charge >= 0.3 is 0 Å². The third-order valence-corrected chi connectivity index (χ3v) is 3.66. The summed E-state index contributed by atoms with van der Waals surface area (Å²) in [7, 11) is 1.60. The van der Waals surface area contributed by atoms with E-state index < -0.39 is 0 Å². The first-order valence-corrected chi connectivity index (χ1v) is 7.23. The minimum atomic E-state index is 0.276. The van der Waals surface area contributed by atoms with Gasteiger partial charge in [0, 0.05) is 37.2 Å². The molecule has 0 saturated carbocycles. The highest BCUT2D eigenvalue weighted by Gasteiger charge is 2.24. The Hall–Kier alpha value is -2.18. The zero-order valence-electron chi connectivity index (χ0n) is 12.6. The summed E-state index contributed by atoms with van der Waals surface area (Å²) >= 11 is 0. The second-order valence-corrected chi connectivity index (χ2v) is 5.54. The van der Waals surface area contributed by atoms with Gasteiger partial charge in [-0.25, -0.2) is 4.98 Å². The number of hydrogen-bond acceptors (Lipinski definition) is 6. The molecule has 2 aromatic heterocycles. The number of rotatable bonds is 4. The van der Waals surface area contributed by atoms with Gasteiger partial charge in [0.1, 0.15) is 11.6 Å². The number of hydrogen-bond donors (Lipinski definition) is 1. The number of anilines is 1. The van der Waals surface area contributed by atoms with Gasteiger partial charge < -0.3 is 14.6 Å². The first-order chi connectivity index (χ1) is 10.2. The monoisotopic (exact) mass is 288 g/mol. The Labute approximate surface area is 123 Å². The van der Waals surface area contributed by atoms with Crippen molar-refractivity contribution in [2.24, 2.45) is 0 Å². The minimum absolute atomic E-state index is 0.276. The molecule has 0 radical (unpaired) electrons. The van der Waals surface area contributed by atoms with Gasteiger partial charge in [-0.15, -0.1) is 10.2 Å². The van der Waals surface area contributed by atoms with E-state index in [1.165, 1.54) is 0 Å². The minimum Gasteiger partial charge on any atom is -0.481 e. The molecule has 1 N–H and O–H groups in total. The van der Waals surface area contributed by atoms with Crippen LogP contribution in [-0.4, -0.2) is 37.9 Å². The van der Waals surface area contributed by atoms with Gasteiger partial charge in [-0.1, -0.05) is 13.8 Å². The number of nitrogens with one attached hydrogen (secondary N) is 1. The van der Waals surface area contributed by atoms with Gasteiger partial charge in [-0.3, -0.25) is 0 Å². The Bertz CT molecular complexity index is 624. The molecule has 0 saturated heterocycles. The van der Waals surface area contributed by atoms with Crippen LogP contribution in [0.1, 0.15) is 37.8 Å². The van der Waals surface area contributed by atoms with Crippen LogP contribution in [0.25, 0.3) is 0 Å². The van der Waals surface area contributed by atoms with Gasteiger partial charge in [0.05, 0.1) is 7.11 Å². The van der Waals surface area contributed by atoms with Crippen molar-refractivity contribution >= 4 is 5.95 Å². The molecule has 3 heterocycles. The van der Waals surface area contributed by atoms with Crippen molar-refractivity contribution in [2.75, 3.05) is 12.4 Å². The molecule has 0 spiro atoms. The van der Waals surface area contributed by atoms with E-state index in [0.29, 0.717) is 17.7 Å². The number of methoxy groups -OCH3 is 1. The molecular weight excluding hydrogens is 268 g/mol. The Morgan fingerprint density at radius 1 is 1.38 bits per heavy atom. The molecule has 3 rings (SSSR count). The van der Waals surface area contributed by atoms with E-state index in [-0.39, 0.29) is 6.04 Å². The average Bonchev–Trinajstić information content (AvgIpc) is 2.91. The molecule has 21 heavy (non-hydrogen) atoms. The van der Waals surface area contributed by atoms with Crippen molar-refractivity contribution in [3.63, 3.8) is 0 Å².